The van der Waals surface area contributed by atoms with Crippen molar-refractivity contribution in [1.82, 2.24) is 14.7 Å². The molecule has 6 unspecified atom stereocenters. The summed E-state index contributed by atoms with van der Waals surface area (Å²) in [4.78, 5) is 8.42. The fourth-order valence-electron chi connectivity index (χ4n) is 8.44. The summed E-state index contributed by atoms with van der Waals surface area (Å²) in [5, 5.41) is 0. The van der Waals surface area contributed by atoms with Crippen LogP contribution in [0.4, 0.5) is 0 Å². The topological polar surface area (TPSA) is 55.9 Å². The molecule has 8 nitrogen and oxygen atoms in total. The van der Waals surface area contributed by atoms with Crippen LogP contribution in [0.1, 0.15) is 41.5 Å². The van der Waals surface area contributed by atoms with Gasteiger partial charge in [-0.3, -0.25) is 9.80 Å². The zero-order valence-electron chi connectivity index (χ0n) is 26.8. The van der Waals surface area contributed by atoms with E-state index in [4.69, 9.17) is 23.7 Å². The van der Waals surface area contributed by atoms with Gasteiger partial charge in [0, 0.05) is 18.5 Å². The van der Waals surface area contributed by atoms with Crippen LogP contribution in [-0.4, -0.2) is 99.5 Å². The zero-order chi connectivity index (χ0) is 31.2. The largest absolute Gasteiger partial charge is 0.378 e. The average molecular weight is 626 g/mol. The Labute approximate surface area is 273 Å². The first-order valence-corrected chi connectivity index (χ1v) is 16.7. The van der Waals surface area contributed by atoms with E-state index in [1.54, 1.807) is 6.08 Å². The molecule has 0 amide bonds. The third-order valence-corrected chi connectivity index (χ3v) is 9.95. The van der Waals surface area contributed by atoms with Crippen molar-refractivity contribution in [1.29, 1.82) is 0 Å². The lowest BCUT2D eigenvalue weighted by Crippen LogP contribution is -2.71. The maximum absolute atomic E-state index is 6.43. The Kier molecular flexibility index (Phi) is 9.95. The quantitative estimate of drug-likeness (QED) is 0.129. The van der Waals surface area contributed by atoms with Gasteiger partial charge in [-0.1, -0.05) is 97.1 Å². The summed E-state index contributed by atoms with van der Waals surface area (Å²) in [6, 6.07) is 33.6. The first-order valence-electron chi connectivity index (χ1n) is 16.7. The molecule has 0 saturated carbocycles. The van der Waals surface area contributed by atoms with E-state index < -0.39 is 0 Å². The Morgan fingerprint density at radius 1 is 0.609 bits per heavy atom. The van der Waals surface area contributed by atoms with Gasteiger partial charge in [0.15, 0.2) is 0 Å². The molecule has 4 aliphatic heterocycles. The molecule has 1 spiro atoms. The number of fused-ring (bicyclic) bond motifs is 2. The predicted molar refractivity (Wildman–Crippen MR) is 177 cm³/mol. The summed E-state index contributed by atoms with van der Waals surface area (Å²) in [5.74, 6) is 0. The molecule has 4 saturated heterocycles. The minimum atomic E-state index is -0.0693. The Hall–Kier alpha value is -2.92. The van der Waals surface area contributed by atoms with Crippen LogP contribution < -0.4 is 0 Å². The van der Waals surface area contributed by atoms with Crippen molar-refractivity contribution in [2.75, 3.05) is 79.2 Å². The van der Waals surface area contributed by atoms with E-state index in [9.17, 15) is 0 Å². The monoisotopic (exact) mass is 625 g/mol. The van der Waals surface area contributed by atoms with Crippen molar-refractivity contribution in [3.63, 3.8) is 0 Å². The van der Waals surface area contributed by atoms with E-state index in [0.717, 1.165) is 26.1 Å². The zero-order valence-corrected chi connectivity index (χ0v) is 26.8. The van der Waals surface area contributed by atoms with Crippen LogP contribution in [0.25, 0.3) is 0 Å². The lowest BCUT2D eigenvalue weighted by molar-refractivity contribution is -0.231. The van der Waals surface area contributed by atoms with Crippen molar-refractivity contribution < 1.29 is 23.7 Å². The summed E-state index contributed by atoms with van der Waals surface area (Å²) in [7, 11) is 0. The van der Waals surface area contributed by atoms with Crippen LogP contribution in [0.2, 0.25) is 0 Å². The van der Waals surface area contributed by atoms with Gasteiger partial charge in [-0.05, 0) is 23.1 Å². The highest BCUT2D eigenvalue weighted by Crippen LogP contribution is 2.74. The van der Waals surface area contributed by atoms with E-state index in [-0.39, 0.29) is 23.4 Å². The molecule has 4 aliphatic rings. The summed E-state index contributed by atoms with van der Waals surface area (Å²) in [5.41, 5.74) is 4.12. The second kappa shape index (κ2) is 14.5. The molecule has 0 aliphatic carbocycles. The van der Waals surface area contributed by atoms with Crippen LogP contribution in [-0.2, 0) is 23.7 Å². The average Bonchev–Trinajstić information content (AvgIpc) is 3.40. The van der Waals surface area contributed by atoms with Gasteiger partial charge in [0.05, 0.1) is 90.1 Å². The summed E-state index contributed by atoms with van der Waals surface area (Å²) in [6.07, 6.45) is 3.27. The summed E-state index contributed by atoms with van der Waals surface area (Å²) >= 11 is 0. The van der Waals surface area contributed by atoms with Gasteiger partial charge < -0.3 is 23.7 Å². The highest BCUT2D eigenvalue weighted by Gasteiger charge is 2.80. The highest BCUT2D eigenvalue weighted by molar-refractivity contribution is 5.41. The number of ether oxygens (including phenoxy) is 5. The molecular formula is C38H47N3O5. The van der Waals surface area contributed by atoms with Crippen molar-refractivity contribution >= 4 is 0 Å². The van der Waals surface area contributed by atoms with Crippen molar-refractivity contribution in [3.8, 4) is 0 Å². The van der Waals surface area contributed by atoms with E-state index in [1.165, 1.54) is 16.7 Å². The van der Waals surface area contributed by atoms with Crippen molar-refractivity contribution in [2.45, 2.75) is 30.5 Å². The molecule has 244 valence electrons. The van der Waals surface area contributed by atoms with Crippen LogP contribution >= 0.6 is 0 Å². The number of nitrogens with zero attached hydrogens (tertiary/aromatic N) is 3. The smallest absolute Gasteiger partial charge is 0.0993 e. The fourth-order valence-corrected chi connectivity index (χ4v) is 8.44. The second-order valence-electron chi connectivity index (χ2n) is 12.9. The van der Waals surface area contributed by atoms with Gasteiger partial charge in [0.25, 0.3) is 0 Å². The van der Waals surface area contributed by atoms with Crippen molar-refractivity contribution in [2.24, 2.45) is 5.41 Å². The van der Waals surface area contributed by atoms with E-state index in [1.807, 2.05) is 0 Å². The van der Waals surface area contributed by atoms with Crippen LogP contribution in [0.3, 0.4) is 0 Å². The number of benzene rings is 3. The Bertz CT molecular complexity index is 1400. The minimum Gasteiger partial charge on any atom is -0.378 e. The van der Waals surface area contributed by atoms with Gasteiger partial charge >= 0.3 is 0 Å². The molecule has 4 heterocycles. The number of piperidine rings is 1. The summed E-state index contributed by atoms with van der Waals surface area (Å²) in [6.45, 7) is 11.4. The fraction of sp³-hybridized carbons (Fsp3) is 0.474. The molecule has 4 fully saturated rings. The lowest BCUT2D eigenvalue weighted by atomic mass is 9.75. The van der Waals surface area contributed by atoms with Gasteiger partial charge in [-0.2, -0.15) is 0 Å². The van der Waals surface area contributed by atoms with Crippen LogP contribution in [0, 0.1) is 5.41 Å². The number of rotatable bonds is 19. The SMILES string of the molecule is C=CCOCCOCCOCCOCCOCC12CN3C(c4ccccc4)N4C(c5ccccc5)N(C1)C4(C2)C3c1ccccc1. The number of hydrogen-bond donors (Lipinski definition) is 0. The highest BCUT2D eigenvalue weighted by atomic mass is 16.6. The standard InChI is InChI=1S/C38H47N3O5/c1-2-18-42-19-20-43-21-22-44-23-24-45-25-26-46-30-37-27-38-34(31-12-6-3-7-13-31)39(28-37)35(32-14-8-4-9-15-32)41(38)36(40(38)29-37)33-16-10-5-11-17-33/h2-17,34-36H,1,18-30H2. The Balaban J connectivity index is 0.982. The van der Waals surface area contributed by atoms with Crippen LogP contribution in [0.5, 0.6) is 0 Å². The molecule has 3 aromatic carbocycles. The first kappa shape index (κ1) is 31.7. The Morgan fingerprint density at radius 3 is 1.67 bits per heavy atom. The van der Waals surface area contributed by atoms with Gasteiger partial charge in [-0.15, -0.1) is 6.58 Å². The van der Waals surface area contributed by atoms with Gasteiger partial charge in [0.2, 0.25) is 0 Å². The molecule has 6 atom stereocenters. The lowest BCUT2D eigenvalue weighted by Gasteiger charge is -2.63. The Morgan fingerprint density at radius 2 is 1.11 bits per heavy atom. The molecule has 0 aromatic heterocycles. The summed E-state index contributed by atoms with van der Waals surface area (Å²) < 4.78 is 28.7. The molecule has 46 heavy (non-hydrogen) atoms. The van der Waals surface area contributed by atoms with Crippen molar-refractivity contribution in [3.05, 3.63) is 120 Å². The predicted octanol–water partition coefficient (Wildman–Crippen LogP) is 5.43. The van der Waals surface area contributed by atoms with E-state index in [0.29, 0.717) is 65.5 Å². The van der Waals surface area contributed by atoms with E-state index >= 15 is 0 Å². The maximum Gasteiger partial charge on any atom is 0.0993 e. The first-order chi connectivity index (χ1) is 22.8. The van der Waals surface area contributed by atoms with E-state index in [2.05, 4.69) is 112 Å². The third kappa shape index (κ3) is 5.98. The van der Waals surface area contributed by atoms with Crippen LogP contribution in [0.15, 0.2) is 104 Å². The molecule has 7 rings (SSSR count). The molecule has 3 bridgehead atoms. The second-order valence-corrected chi connectivity index (χ2v) is 12.9. The van der Waals surface area contributed by atoms with Gasteiger partial charge in [-0.25, -0.2) is 4.90 Å². The normalized spacial score (nSPS) is 29.6. The maximum atomic E-state index is 6.43. The minimum absolute atomic E-state index is 0.0520. The molecule has 0 N–H and O–H groups in total. The van der Waals surface area contributed by atoms with Gasteiger partial charge in [0.1, 0.15) is 0 Å². The third-order valence-electron chi connectivity index (χ3n) is 9.95. The molecular weight excluding hydrogens is 578 g/mol. The molecule has 3 aromatic rings. The molecule has 8 heteroatoms. The molecule has 0 radical (unpaired) electrons. The number of hydrogen-bond acceptors (Lipinski definition) is 8.